The molecule has 0 bridgehead atoms. The van der Waals surface area contributed by atoms with E-state index in [2.05, 4.69) is 23.0 Å². The van der Waals surface area contributed by atoms with Crippen LogP contribution in [0.4, 0.5) is 0 Å². The van der Waals surface area contributed by atoms with Crippen LogP contribution in [0, 0.1) is 23.2 Å². The van der Waals surface area contributed by atoms with Gasteiger partial charge in [-0.1, -0.05) is 17.9 Å². The Morgan fingerprint density at radius 2 is 2.13 bits per heavy atom. The van der Waals surface area contributed by atoms with Crippen LogP contribution < -0.4 is 5.73 Å². The highest BCUT2D eigenvalue weighted by molar-refractivity contribution is 6.04. The summed E-state index contributed by atoms with van der Waals surface area (Å²) in [6, 6.07) is 14.4. The third kappa shape index (κ3) is 3.02. The van der Waals surface area contributed by atoms with Gasteiger partial charge >= 0.3 is 0 Å². The van der Waals surface area contributed by atoms with Crippen LogP contribution in [0.25, 0.3) is 16.6 Å². The molecule has 2 amide bonds. The number of nitrogens with two attached hydrogens (primary N) is 1. The van der Waals surface area contributed by atoms with Gasteiger partial charge in [-0.25, -0.2) is 4.68 Å². The minimum absolute atomic E-state index is 0.0342. The fourth-order valence-electron chi connectivity index (χ4n) is 3.88. The molecular weight excluding hydrogens is 394 g/mol. The Hall–Kier alpha value is -4.14. The number of likely N-dealkylation sites (tertiary alicyclic amines) is 1. The van der Waals surface area contributed by atoms with Crippen molar-refractivity contribution in [2.24, 2.45) is 5.73 Å². The molecule has 1 aromatic heterocycles. The van der Waals surface area contributed by atoms with Crippen molar-refractivity contribution >= 4 is 22.7 Å². The standard InChI is InChI=1S/C23H17N5O3/c1-27-10-9-23(20(31-23)22(27)30)8-7-14-3-2-4-16(11-14)28-18-6-5-15(13-24)12-17(18)19(26-28)21(25)29/h2-6,11-12,20H,9-10H2,1H3,(H2,25,29). The van der Waals surface area contributed by atoms with E-state index in [0.29, 0.717) is 35.1 Å². The summed E-state index contributed by atoms with van der Waals surface area (Å²) in [5, 5.41) is 14.1. The molecule has 0 radical (unpaired) electrons. The molecule has 5 rings (SSSR count). The van der Waals surface area contributed by atoms with Gasteiger partial charge in [0.05, 0.1) is 22.8 Å². The molecule has 2 saturated heterocycles. The number of amides is 2. The van der Waals surface area contributed by atoms with Crippen LogP contribution in [0.1, 0.15) is 28.0 Å². The second-order valence-corrected chi connectivity index (χ2v) is 7.67. The molecule has 2 fully saturated rings. The van der Waals surface area contributed by atoms with E-state index in [-0.39, 0.29) is 11.6 Å². The van der Waals surface area contributed by atoms with Crippen molar-refractivity contribution in [1.82, 2.24) is 14.7 Å². The fourth-order valence-corrected chi connectivity index (χ4v) is 3.88. The predicted octanol–water partition coefficient (Wildman–Crippen LogP) is 1.35. The van der Waals surface area contributed by atoms with Gasteiger partial charge < -0.3 is 15.4 Å². The number of ether oxygens (including phenoxy) is 1. The third-order valence-electron chi connectivity index (χ3n) is 5.67. The molecule has 152 valence electrons. The molecule has 2 aromatic carbocycles. The number of likely N-dealkylation sites (N-methyl/N-ethyl adjacent to an activating group) is 1. The number of nitrogens with zero attached hydrogens (tertiary/aromatic N) is 4. The van der Waals surface area contributed by atoms with Crippen LogP contribution in [0.15, 0.2) is 42.5 Å². The first kappa shape index (κ1) is 18.9. The normalized spacial score (nSPS) is 21.7. The minimum Gasteiger partial charge on any atom is -0.364 e. The molecule has 31 heavy (non-hydrogen) atoms. The molecule has 2 unspecified atom stereocenters. The van der Waals surface area contributed by atoms with Crippen LogP contribution in [0.3, 0.4) is 0 Å². The van der Waals surface area contributed by atoms with Gasteiger partial charge in [-0.15, -0.1) is 0 Å². The molecule has 0 spiro atoms. The summed E-state index contributed by atoms with van der Waals surface area (Å²) < 4.78 is 7.24. The summed E-state index contributed by atoms with van der Waals surface area (Å²) in [6.07, 6.45) is 0.198. The van der Waals surface area contributed by atoms with Gasteiger partial charge in [0, 0.05) is 31.0 Å². The van der Waals surface area contributed by atoms with Gasteiger partial charge in [-0.3, -0.25) is 9.59 Å². The Morgan fingerprint density at radius 3 is 2.90 bits per heavy atom. The third-order valence-corrected chi connectivity index (χ3v) is 5.67. The van der Waals surface area contributed by atoms with Crippen molar-refractivity contribution in [3.63, 3.8) is 0 Å². The van der Waals surface area contributed by atoms with E-state index in [9.17, 15) is 9.59 Å². The van der Waals surface area contributed by atoms with Crippen molar-refractivity contribution in [1.29, 1.82) is 5.26 Å². The summed E-state index contributed by atoms with van der Waals surface area (Å²) in [6.45, 7) is 0.615. The number of hydrogen-bond acceptors (Lipinski definition) is 5. The molecule has 0 saturated carbocycles. The average molecular weight is 411 g/mol. The number of fused-ring (bicyclic) bond motifs is 2. The van der Waals surface area contributed by atoms with E-state index < -0.39 is 17.6 Å². The number of hydrogen-bond donors (Lipinski definition) is 1. The lowest BCUT2D eigenvalue weighted by atomic mass is 9.96. The summed E-state index contributed by atoms with van der Waals surface area (Å²) in [4.78, 5) is 25.7. The van der Waals surface area contributed by atoms with Crippen molar-refractivity contribution in [2.45, 2.75) is 18.1 Å². The van der Waals surface area contributed by atoms with Gasteiger partial charge in [-0.05, 0) is 36.4 Å². The maximum absolute atomic E-state index is 12.1. The number of aromatic nitrogens is 2. The van der Waals surface area contributed by atoms with Crippen molar-refractivity contribution in [2.75, 3.05) is 13.6 Å². The first-order valence-electron chi connectivity index (χ1n) is 9.71. The first-order chi connectivity index (χ1) is 14.9. The molecule has 2 atom stereocenters. The zero-order chi connectivity index (χ0) is 21.8. The lowest BCUT2D eigenvalue weighted by molar-refractivity contribution is -0.131. The highest BCUT2D eigenvalue weighted by Crippen LogP contribution is 2.43. The molecule has 0 aliphatic carbocycles. The Balaban J connectivity index is 1.53. The molecule has 2 aliphatic heterocycles. The maximum Gasteiger partial charge on any atom is 0.269 e. The van der Waals surface area contributed by atoms with Gasteiger partial charge in [-0.2, -0.15) is 10.4 Å². The lowest BCUT2D eigenvalue weighted by Crippen LogP contribution is -2.41. The van der Waals surface area contributed by atoms with E-state index in [1.807, 2.05) is 24.3 Å². The summed E-state index contributed by atoms with van der Waals surface area (Å²) in [7, 11) is 1.76. The van der Waals surface area contributed by atoms with Gasteiger partial charge in [0.1, 0.15) is 0 Å². The number of rotatable bonds is 2. The number of piperidine rings is 1. The lowest BCUT2D eigenvalue weighted by Gasteiger charge is -2.21. The minimum atomic E-state index is -0.690. The molecular formula is C23H17N5O3. The Kier molecular flexibility index (Phi) is 4.07. The molecule has 2 aliphatic rings. The van der Waals surface area contributed by atoms with Crippen molar-refractivity contribution < 1.29 is 14.3 Å². The Bertz CT molecular complexity index is 1370. The monoisotopic (exact) mass is 411 g/mol. The Morgan fingerprint density at radius 1 is 1.29 bits per heavy atom. The zero-order valence-electron chi connectivity index (χ0n) is 16.6. The number of benzene rings is 2. The van der Waals surface area contributed by atoms with E-state index in [4.69, 9.17) is 15.7 Å². The molecule has 2 N–H and O–H groups in total. The van der Waals surface area contributed by atoms with Crippen molar-refractivity contribution in [3.05, 3.63) is 59.3 Å². The van der Waals surface area contributed by atoms with E-state index in [0.717, 1.165) is 5.56 Å². The number of carbonyl (C=O) groups excluding carboxylic acids is 2. The van der Waals surface area contributed by atoms with E-state index >= 15 is 0 Å². The zero-order valence-corrected chi connectivity index (χ0v) is 16.6. The van der Waals surface area contributed by atoms with Crippen LogP contribution >= 0.6 is 0 Å². The summed E-state index contributed by atoms with van der Waals surface area (Å²) in [5.74, 6) is 5.55. The highest BCUT2D eigenvalue weighted by Gasteiger charge is 2.63. The topological polar surface area (TPSA) is 118 Å². The van der Waals surface area contributed by atoms with Crippen LogP contribution in [-0.2, 0) is 9.53 Å². The average Bonchev–Trinajstić information content (AvgIpc) is 3.39. The summed E-state index contributed by atoms with van der Waals surface area (Å²) in [5.41, 5.74) is 7.40. The largest absolute Gasteiger partial charge is 0.364 e. The van der Waals surface area contributed by atoms with Crippen LogP contribution in [0.5, 0.6) is 0 Å². The number of nitriles is 1. The molecule has 3 heterocycles. The number of carbonyl (C=O) groups is 2. The van der Waals surface area contributed by atoms with E-state index in [1.54, 1.807) is 34.8 Å². The van der Waals surface area contributed by atoms with Crippen LogP contribution in [0.2, 0.25) is 0 Å². The second-order valence-electron chi connectivity index (χ2n) is 7.67. The second kappa shape index (κ2) is 6.69. The Labute approximate surface area is 177 Å². The van der Waals surface area contributed by atoms with E-state index in [1.165, 1.54) is 0 Å². The van der Waals surface area contributed by atoms with Gasteiger partial charge in [0.2, 0.25) is 0 Å². The first-order valence-corrected chi connectivity index (χ1v) is 9.71. The van der Waals surface area contributed by atoms with Gasteiger partial charge in [0.25, 0.3) is 11.8 Å². The SMILES string of the molecule is CN1CCC2(C#Cc3cccc(-n4nc(C(N)=O)c5cc(C#N)ccc54)c3)OC2C1=O. The van der Waals surface area contributed by atoms with Gasteiger partial charge in [0.15, 0.2) is 17.4 Å². The predicted molar refractivity (Wildman–Crippen MR) is 111 cm³/mol. The number of epoxide rings is 1. The molecule has 8 heteroatoms. The maximum atomic E-state index is 12.1. The molecule has 3 aromatic rings. The fraction of sp³-hybridized carbons (Fsp3) is 0.217. The smallest absolute Gasteiger partial charge is 0.269 e. The number of primary amides is 1. The van der Waals surface area contributed by atoms with Crippen LogP contribution in [-0.4, -0.2) is 51.8 Å². The molecule has 8 nitrogen and oxygen atoms in total. The quantitative estimate of drug-likeness (QED) is 0.504. The van der Waals surface area contributed by atoms with Crippen molar-refractivity contribution in [3.8, 4) is 23.6 Å². The summed E-state index contributed by atoms with van der Waals surface area (Å²) >= 11 is 0. The highest BCUT2D eigenvalue weighted by atomic mass is 16.6.